The molecule has 1 unspecified atom stereocenters. The predicted octanol–water partition coefficient (Wildman–Crippen LogP) is -10.5. The first-order valence-corrected chi connectivity index (χ1v) is 16.9. The van der Waals surface area contributed by atoms with Gasteiger partial charge in [0.05, 0.1) is 50.7 Å². The molecule has 314 valence electrons. The highest BCUT2D eigenvalue weighted by molar-refractivity contribution is 5.76. The number of hydrogen-bond donors (Lipinski definition) is 16. The van der Waals surface area contributed by atoms with Gasteiger partial charge >= 0.3 is 5.97 Å². The van der Waals surface area contributed by atoms with E-state index in [4.69, 9.17) is 44.6 Å². The fourth-order valence-corrected chi connectivity index (χ4v) is 6.73. The number of carboxylic acids is 1. The van der Waals surface area contributed by atoms with E-state index in [1.54, 1.807) is 0 Å². The van der Waals surface area contributed by atoms with Gasteiger partial charge in [-0.15, -0.1) is 0 Å². The molecule has 21 atom stereocenters. The van der Waals surface area contributed by atoms with Crippen molar-refractivity contribution in [1.29, 1.82) is 0 Å². The zero-order chi connectivity index (χ0) is 40.4. The smallest absolute Gasteiger partial charge is 0.364 e. The summed E-state index contributed by atoms with van der Waals surface area (Å²) >= 11 is 0. The number of ether oxygens (including phenoxy) is 7. The summed E-state index contributed by atoms with van der Waals surface area (Å²) in [4.78, 5) is 25.1. The summed E-state index contributed by atoms with van der Waals surface area (Å²) in [5, 5.41) is 138. The number of amides is 1. The summed E-state index contributed by atoms with van der Waals surface area (Å²) in [6.45, 7) is -2.85. The minimum absolute atomic E-state index is 0.791. The number of aliphatic hydroxyl groups excluding tert-OH is 12. The summed E-state index contributed by atoms with van der Waals surface area (Å²) in [6.07, 6.45) is -33.2. The normalized spacial score (nSPS) is 47.1. The van der Waals surface area contributed by atoms with E-state index in [1.807, 2.05) is 0 Å². The third-order valence-electron chi connectivity index (χ3n) is 9.74. The predicted molar refractivity (Wildman–Crippen MR) is 167 cm³/mol. The van der Waals surface area contributed by atoms with Crippen LogP contribution in [0.5, 0.6) is 0 Å². The van der Waals surface area contributed by atoms with Gasteiger partial charge in [0.15, 0.2) is 18.9 Å². The van der Waals surface area contributed by atoms with Crippen LogP contribution >= 0.6 is 0 Å². The first-order chi connectivity index (χ1) is 25.4. The van der Waals surface area contributed by atoms with Crippen LogP contribution in [0.2, 0.25) is 0 Å². The molecule has 1 amide bonds. The highest BCUT2D eigenvalue weighted by Crippen LogP contribution is 2.39. The lowest BCUT2D eigenvalue weighted by molar-refractivity contribution is -0.396. The highest BCUT2D eigenvalue weighted by atomic mass is 16.8. The Hall–Kier alpha value is -1.90. The molecule has 25 heteroatoms. The standard InChI is InChI=1S/C29H51N3O22/c1-7(37)32-15-8(38)2-29(28(46)47,53-23(15)16(40)9(39)3-33)54-24-20(44)27(52-22-14(31)25(45)48-11(5-35)18(22)42)50-12(6-36)21(24)51-26-13(30)19(43)17(41)10(4-34)49-26/h8-27,33-36,38-45H,2-6,30-31H2,1H3,(H,32,37)(H,46,47)/t8-,9+,10+,11+,12+,13+,14+,15+,16+,17-,18-,19+,20+,21-,22+,23+,24+,25?,26-,27-,29-/m0/s1. The van der Waals surface area contributed by atoms with Gasteiger partial charge in [-0.25, -0.2) is 4.79 Å². The topological polar surface area (TPSA) is 426 Å². The Morgan fingerprint density at radius 1 is 0.778 bits per heavy atom. The van der Waals surface area contributed by atoms with E-state index in [0.29, 0.717) is 0 Å². The van der Waals surface area contributed by atoms with Gasteiger partial charge in [0.1, 0.15) is 79.4 Å². The number of nitrogens with two attached hydrogens (primary N) is 2. The summed E-state index contributed by atoms with van der Waals surface area (Å²) in [6, 6.07) is -4.80. The maximum atomic E-state index is 13.1. The van der Waals surface area contributed by atoms with Crippen LogP contribution < -0.4 is 16.8 Å². The van der Waals surface area contributed by atoms with Gasteiger partial charge in [-0.1, -0.05) is 0 Å². The average Bonchev–Trinajstić information content (AvgIpc) is 3.13. The molecule has 25 nitrogen and oxygen atoms in total. The van der Waals surface area contributed by atoms with Crippen molar-refractivity contribution >= 4 is 11.9 Å². The zero-order valence-corrected chi connectivity index (χ0v) is 28.7. The summed E-state index contributed by atoms with van der Waals surface area (Å²) in [5.41, 5.74) is 12.0. The molecule has 4 saturated heterocycles. The molecule has 0 aromatic heterocycles. The largest absolute Gasteiger partial charge is 0.477 e. The fraction of sp³-hybridized carbons (Fsp3) is 0.931. The lowest BCUT2D eigenvalue weighted by Gasteiger charge is -2.52. The van der Waals surface area contributed by atoms with E-state index < -0.39 is 173 Å². The minimum atomic E-state index is -3.16. The minimum Gasteiger partial charge on any atom is -0.477 e. The molecular formula is C29H51N3O22. The second-order valence-corrected chi connectivity index (χ2v) is 13.5. The molecule has 0 aliphatic carbocycles. The summed E-state index contributed by atoms with van der Waals surface area (Å²) < 4.78 is 39.5. The van der Waals surface area contributed by atoms with Crippen LogP contribution in [0, 0.1) is 0 Å². The van der Waals surface area contributed by atoms with Crippen molar-refractivity contribution in [3.05, 3.63) is 0 Å². The molecule has 0 aromatic carbocycles. The third kappa shape index (κ3) is 9.12. The van der Waals surface area contributed by atoms with Crippen molar-refractivity contribution in [3.8, 4) is 0 Å². The maximum absolute atomic E-state index is 13.1. The molecule has 4 rings (SSSR count). The van der Waals surface area contributed by atoms with Crippen molar-refractivity contribution in [2.45, 2.75) is 142 Å². The van der Waals surface area contributed by atoms with Crippen molar-refractivity contribution < 1.29 is 109 Å². The van der Waals surface area contributed by atoms with Gasteiger partial charge in [-0.05, 0) is 0 Å². The molecular weight excluding hydrogens is 742 g/mol. The van der Waals surface area contributed by atoms with E-state index in [1.165, 1.54) is 0 Å². The van der Waals surface area contributed by atoms with E-state index in [0.717, 1.165) is 6.92 Å². The van der Waals surface area contributed by atoms with Crippen LogP contribution in [0.4, 0.5) is 0 Å². The van der Waals surface area contributed by atoms with Crippen LogP contribution in [0.1, 0.15) is 13.3 Å². The van der Waals surface area contributed by atoms with Crippen LogP contribution in [0.3, 0.4) is 0 Å². The summed E-state index contributed by atoms with van der Waals surface area (Å²) in [5.74, 6) is -5.98. The number of hydrogen-bond acceptors (Lipinski definition) is 23. The summed E-state index contributed by atoms with van der Waals surface area (Å²) in [7, 11) is 0. The molecule has 4 aliphatic heterocycles. The molecule has 4 fully saturated rings. The second kappa shape index (κ2) is 18.6. The molecule has 0 saturated carbocycles. The highest BCUT2D eigenvalue weighted by Gasteiger charge is 2.61. The van der Waals surface area contributed by atoms with Crippen LogP contribution in [-0.4, -0.2) is 233 Å². The van der Waals surface area contributed by atoms with Gasteiger partial charge in [0, 0.05) is 13.3 Å². The number of carbonyl (C=O) groups is 2. The number of rotatable bonds is 14. The Labute approximate surface area is 306 Å². The quantitative estimate of drug-likeness (QED) is 0.0776. The third-order valence-corrected chi connectivity index (χ3v) is 9.74. The molecule has 0 bridgehead atoms. The first-order valence-electron chi connectivity index (χ1n) is 16.9. The second-order valence-electron chi connectivity index (χ2n) is 13.5. The lowest BCUT2D eigenvalue weighted by Crippen LogP contribution is -2.72. The van der Waals surface area contributed by atoms with Crippen LogP contribution in [0.15, 0.2) is 0 Å². The van der Waals surface area contributed by atoms with Crippen molar-refractivity contribution in [3.63, 3.8) is 0 Å². The van der Waals surface area contributed by atoms with Gasteiger partial charge in [-0.3, -0.25) is 4.79 Å². The van der Waals surface area contributed by atoms with E-state index in [2.05, 4.69) is 5.32 Å². The molecule has 54 heavy (non-hydrogen) atoms. The number of nitrogens with one attached hydrogen (secondary N) is 1. The number of carboxylic acid groups (broad SMARTS) is 1. The molecule has 4 heterocycles. The molecule has 0 aromatic rings. The zero-order valence-electron chi connectivity index (χ0n) is 28.7. The lowest BCUT2D eigenvalue weighted by atomic mass is 9.88. The van der Waals surface area contributed by atoms with Crippen molar-refractivity contribution in [2.75, 3.05) is 26.4 Å². The van der Waals surface area contributed by atoms with E-state index >= 15 is 0 Å². The maximum Gasteiger partial charge on any atom is 0.364 e. The monoisotopic (exact) mass is 793 g/mol. The Kier molecular flexibility index (Phi) is 15.4. The Bertz CT molecular complexity index is 1240. The van der Waals surface area contributed by atoms with E-state index in [-0.39, 0.29) is 0 Å². The SMILES string of the molecule is CC(=O)N[C@H]1[C@H]([C@H](O)[C@H](O)CO)O[C@@](O[C@@H]2[C@@H](O)[C@H](O[C@H]3[C@@H](O)[C@@H](CO)OC(O)[C@@H]3N)O[C@H](CO)[C@@H]2O[C@@H]2O[C@H](CO)[C@H](O)[C@H](O)[C@H]2N)(C(=O)O)C[C@@H]1O. The molecule has 4 aliphatic rings. The van der Waals surface area contributed by atoms with Gasteiger partial charge in [-0.2, -0.15) is 0 Å². The van der Waals surface area contributed by atoms with Crippen molar-refractivity contribution in [2.24, 2.45) is 11.5 Å². The van der Waals surface area contributed by atoms with Gasteiger partial charge in [0.25, 0.3) is 5.79 Å². The van der Waals surface area contributed by atoms with Gasteiger partial charge in [0.2, 0.25) is 5.91 Å². The average molecular weight is 794 g/mol. The fourth-order valence-electron chi connectivity index (χ4n) is 6.73. The number of aliphatic carboxylic acids is 1. The molecule has 18 N–H and O–H groups in total. The Balaban J connectivity index is 1.78. The van der Waals surface area contributed by atoms with Gasteiger partial charge < -0.3 is 116 Å². The Morgan fingerprint density at radius 3 is 1.91 bits per heavy atom. The van der Waals surface area contributed by atoms with E-state index in [9.17, 15) is 76.0 Å². The van der Waals surface area contributed by atoms with Crippen molar-refractivity contribution in [1.82, 2.24) is 5.32 Å². The van der Waals surface area contributed by atoms with Crippen LogP contribution in [0.25, 0.3) is 0 Å². The molecule has 0 spiro atoms. The number of carbonyl (C=O) groups excluding carboxylic acids is 1. The molecule has 0 radical (unpaired) electrons. The Morgan fingerprint density at radius 2 is 1.35 bits per heavy atom. The number of aliphatic hydroxyl groups is 12. The van der Waals surface area contributed by atoms with Crippen LogP contribution in [-0.2, 0) is 42.7 Å². The first kappa shape index (κ1) is 44.8.